The molecular formula is C31H34BN7O3. The Balaban J connectivity index is 1.17. The van der Waals surface area contributed by atoms with Crippen molar-refractivity contribution in [3.05, 3.63) is 47.8 Å². The molecule has 5 heterocycles. The molecule has 2 saturated heterocycles. The summed E-state index contributed by atoms with van der Waals surface area (Å²) in [4.78, 5) is 20.2. The fourth-order valence-corrected chi connectivity index (χ4v) is 6.87. The Hall–Kier alpha value is -4.17. The van der Waals surface area contributed by atoms with Gasteiger partial charge in [-0.15, -0.1) is 0 Å². The fraction of sp³-hybridized carbons (Fsp3) is 0.452. The van der Waals surface area contributed by atoms with Crippen LogP contribution in [0.15, 0.2) is 36.7 Å². The number of nitrogens with one attached hydrogen (secondary N) is 1. The Morgan fingerprint density at radius 3 is 2.79 bits per heavy atom. The maximum atomic E-state index is 13.1. The van der Waals surface area contributed by atoms with Crippen LogP contribution in [0.4, 0.5) is 0 Å². The van der Waals surface area contributed by atoms with E-state index in [4.69, 9.17) is 19.6 Å². The number of aromatic amines is 1. The highest BCUT2D eigenvalue weighted by molar-refractivity contribution is 6.13. The van der Waals surface area contributed by atoms with E-state index in [0.717, 1.165) is 90.7 Å². The lowest BCUT2D eigenvalue weighted by Gasteiger charge is -2.41. The van der Waals surface area contributed by atoms with E-state index < -0.39 is 0 Å². The number of nitrogens with zero attached hydrogens (tertiary/aromatic N) is 6. The highest BCUT2D eigenvalue weighted by Gasteiger charge is 2.36. The zero-order valence-corrected chi connectivity index (χ0v) is 24.1. The number of ether oxygens (including phenoxy) is 2. The maximum Gasteiger partial charge on any atom is 0.225 e. The number of nitriles is 1. The zero-order valence-electron chi connectivity index (χ0n) is 24.1. The second kappa shape index (κ2) is 10.6. The van der Waals surface area contributed by atoms with Gasteiger partial charge in [0.05, 0.1) is 30.8 Å². The molecule has 3 aromatic heterocycles. The SMILES string of the molecule is BC1(n2cc(-c3n[nH]c4cc(OC)c(-c5cccc6c5CCC6C#N)nc34)cn2)CCN(C(=O)C2CCOCC2)CC1. The maximum absolute atomic E-state index is 13.1. The normalized spacial score (nSPS) is 20.4. The summed E-state index contributed by atoms with van der Waals surface area (Å²) in [6.45, 7) is 2.81. The molecule has 11 heteroatoms. The lowest BCUT2D eigenvalue weighted by Crippen LogP contribution is -2.50. The van der Waals surface area contributed by atoms with Gasteiger partial charge in [-0.25, -0.2) is 4.98 Å². The number of hydrogen-bond acceptors (Lipinski definition) is 7. The molecule has 1 aliphatic carbocycles. The number of H-pyrrole nitrogens is 1. The van der Waals surface area contributed by atoms with Crippen LogP contribution in [-0.4, -0.2) is 77.0 Å². The first-order valence-corrected chi connectivity index (χ1v) is 14.9. The fourth-order valence-electron chi connectivity index (χ4n) is 6.87. The standard InChI is InChI=1S/C31H34BN7O3/c1-41-26-15-25-29(35-28(26)24-4-2-3-22-20(16-33)5-6-23(22)24)27(37-36-25)21-17-34-39(18-21)31(32)9-11-38(12-10-31)30(40)19-7-13-42-14-8-19/h2-4,15,17-20H,5-14,32H2,1H3,(H,36,37). The Bertz CT molecular complexity index is 1690. The molecule has 0 bridgehead atoms. The molecule has 0 spiro atoms. The topological polar surface area (TPSA) is 122 Å². The number of hydrogen-bond donors (Lipinski definition) is 1. The van der Waals surface area contributed by atoms with Crippen molar-refractivity contribution in [2.45, 2.75) is 49.9 Å². The van der Waals surface area contributed by atoms with Gasteiger partial charge in [-0.1, -0.05) is 18.2 Å². The smallest absolute Gasteiger partial charge is 0.225 e. The van der Waals surface area contributed by atoms with Gasteiger partial charge in [-0.3, -0.25) is 14.6 Å². The molecule has 2 fully saturated rings. The molecule has 1 amide bonds. The third-order valence-corrected chi connectivity index (χ3v) is 9.53. The van der Waals surface area contributed by atoms with Crippen LogP contribution in [0.1, 0.15) is 49.1 Å². The van der Waals surface area contributed by atoms with Gasteiger partial charge >= 0.3 is 0 Å². The molecule has 3 aliphatic rings. The average molecular weight is 563 g/mol. The van der Waals surface area contributed by atoms with Crippen molar-refractivity contribution in [3.63, 3.8) is 0 Å². The van der Waals surface area contributed by atoms with E-state index in [0.29, 0.717) is 19.0 Å². The van der Waals surface area contributed by atoms with Crippen molar-refractivity contribution >= 4 is 24.8 Å². The molecule has 42 heavy (non-hydrogen) atoms. The molecule has 2 aliphatic heterocycles. The van der Waals surface area contributed by atoms with Crippen LogP contribution < -0.4 is 4.74 Å². The average Bonchev–Trinajstić information content (AvgIpc) is 3.79. The van der Waals surface area contributed by atoms with Gasteiger partial charge in [0.1, 0.15) is 30.5 Å². The number of pyridine rings is 1. The molecule has 1 aromatic carbocycles. The molecule has 1 N–H and O–H groups in total. The molecule has 7 rings (SSSR count). The van der Waals surface area contributed by atoms with Crippen LogP contribution in [0.5, 0.6) is 5.75 Å². The van der Waals surface area contributed by atoms with Gasteiger partial charge in [-0.2, -0.15) is 15.5 Å². The molecule has 214 valence electrons. The third kappa shape index (κ3) is 4.45. The summed E-state index contributed by atoms with van der Waals surface area (Å²) in [6, 6.07) is 10.5. The summed E-state index contributed by atoms with van der Waals surface area (Å²) in [7, 11) is 3.87. The molecule has 4 aromatic rings. The minimum Gasteiger partial charge on any atom is -0.494 e. The van der Waals surface area contributed by atoms with Crippen LogP contribution >= 0.6 is 0 Å². The van der Waals surface area contributed by atoms with Crippen LogP contribution in [0.3, 0.4) is 0 Å². The van der Waals surface area contributed by atoms with E-state index in [1.807, 2.05) is 34.0 Å². The highest BCUT2D eigenvalue weighted by atomic mass is 16.5. The van der Waals surface area contributed by atoms with Gasteiger partial charge in [-0.05, 0) is 49.7 Å². The predicted octanol–water partition coefficient (Wildman–Crippen LogP) is 3.39. The van der Waals surface area contributed by atoms with Crippen molar-refractivity contribution < 1.29 is 14.3 Å². The number of carbonyl (C=O) groups is 1. The number of fused-ring (bicyclic) bond motifs is 2. The Labute approximate surface area is 245 Å². The van der Waals surface area contributed by atoms with Crippen LogP contribution in [0, 0.1) is 17.2 Å². The second-order valence-corrected chi connectivity index (χ2v) is 12.0. The van der Waals surface area contributed by atoms with E-state index in [2.05, 4.69) is 36.4 Å². The number of aromatic nitrogens is 5. The van der Waals surface area contributed by atoms with Gasteiger partial charge in [0.2, 0.25) is 5.91 Å². The van der Waals surface area contributed by atoms with E-state index in [-0.39, 0.29) is 23.2 Å². The molecule has 0 saturated carbocycles. The minimum atomic E-state index is -0.194. The molecule has 1 atom stereocenters. The van der Waals surface area contributed by atoms with E-state index >= 15 is 0 Å². The summed E-state index contributed by atoms with van der Waals surface area (Å²) in [5.41, 5.74) is 6.97. The monoisotopic (exact) mass is 563 g/mol. The van der Waals surface area contributed by atoms with Crippen LogP contribution in [-0.2, 0) is 21.4 Å². The largest absolute Gasteiger partial charge is 0.494 e. The van der Waals surface area contributed by atoms with E-state index in [1.54, 1.807) is 7.11 Å². The lowest BCUT2D eigenvalue weighted by atomic mass is 9.70. The molecule has 0 radical (unpaired) electrons. The number of likely N-dealkylation sites (tertiary alicyclic amines) is 1. The molecular weight excluding hydrogens is 529 g/mol. The van der Waals surface area contributed by atoms with Crippen molar-refractivity contribution in [1.29, 1.82) is 5.26 Å². The number of benzene rings is 1. The van der Waals surface area contributed by atoms with Gasteiger partial charge in [0.15, 0.2) is 0 Å². The van der Waals surface area contributed by atoms with Crippen LogP contribution in [0.2, 0.25) is 0 Å². The summed E-state index contributed by atoms with van der Waals surface area (Å²) in [5.74, 6) is 0.942. The first-order valence-electron chi connectivity index (χ1n) is 14.9. The Morgan fingerprint density at radius 1 is 1.21 bits per heavy atom. The summed E-state index contributed by atoms with van der Waals surface area (Å²) in [5, 5.41) is 22.2. The number of amides is 1. The number of piperidine rings is 1. The van der Waals surface area contributed by atoms with Crippen LogP contribution in [0.25, 0.3) is 33.5 Å². The summed E-state index contributed by atoms with van der Waals surface area (Å²) >= 11 is 0. The Kier molecular flexibility index (Phi) is 6.74. The first-order chi connectivity index (χ1) is 20.5. The molecule has 1 unspecified atom stereocenters. The van der Waals surface area contributed by atoms with Gasteiger partial charge in [0, 0.05) is 61.0 Å². The van der Waals surface area contributed by atoms with E-state index in [1.165, 1.54) is 5.56 Å². The van der Waals surface area contributed by atoms with Gasteiger partial charge < -0.3 is 14.4 Å². The third-order valence-electron chi connectivity index (χ3n) is 9.53. The number of carbonyl (C=O) groups excluding carboxylic acids is 1. The van der Waals surface area contributed by atoms with Crippen molar-refractivity contribution in [2.75, 3.05) is 33.4 Å². The summed E-state index contributed by atoms with van der Waals surface area (Å²) < 4.78 is 13.3. The number of rotatable bonds is 5. The first kappa shape index (κ1) is 26.7. The minimum absolute atomic E-state index is 0.0850. The second-order valence-electron chi connectivity index (χ2n) is 12.0. The summed E-state index contributed by atoms with van der Waals surface area (Å²) in [6.07, 6.45) is 8.89. The Morgan fingerprint density at radius 2 is 2.02 bits per heavy atom. The van der Waals surface area contributed by atoms with E-state index in [9.17, 15) is 10.1 Å². The van der Waals surface area contributed by atoms with Gasteiger partial charge in [0.25, 0.3) is 0 Å². The molecule has 10 nitrogen and oxygen atoms in total. The van der Waals surface area contributed by atoms with Crippen molar-refractivity contribution in [1.82, 2.24) is 29.9 Å². The van der Waals surface area contributed by atoms with Crippen molar-refractivity contribution in [2.24, 2.45) is 5.92 Å². The quantitative estimate of drug-likeness (QED) is 0.370. The highest BCUT2D eigenvalue weighted by Crippen LogP contribution is 2.42. The lowest BCUT2D eigenvalue weighted by molar-refractivity contribution is -0.140. The van der Waals surface area contributed by atoms with Crippen molar-refractivity contribution in [3.8, 4) is 34.3 Å². The zero-order chi connectivity index (χ0) is 28.8. The number of methoxy groups -OCH3 is 1. The predicted molar refractivity (Wildman–Crippen MR) is 160 cm³/mol.